The van der Waals surface area contributed by atoms with Crippen LogP contribution in [0.25, 0.3) is 0 Å². The first-order valence-electron chi connectivity index (χ1n) is 4.64. The number of hydrogen-bond acceptors (Lipinski definition) is 3. The Morgan fingerprint density at radius 3 is 2.31 bits per heavy atom. The minimum absolute atomic E-state index is 0.373. The molecule has 13 heavy (non-hydrogen) atoms. The molecule has 0 fully saturated rings. The Kier molecular flexibility index (Phi) is 6.54. The first-order valence-corrected chi connectivity index (χ1v) is 4.64. The third-order valence-corrected chi connectivity index (χ3v) is 2.14. The predicted octanol–water partition coefficient (Wildman–Crippen LogP) is 0.864. The van der Waals surface area contributed by atoms with Crippen LogP contribution in [0, 0.1) is 0 Å². The molecule has 0 amide bonds. The summed E-state index contributed by atoms with van der Waals surface area (Å²) in [6.07, 6.45) is 1.28. The topological polar surface area (TPSA) is 58.6 Å². The van der Waals surface area contributed by atoms with Crippen LogP contribution in [0.5, 0.6) is 0 Å². The van der Waals surface area contributed by atoms with Crippen molar-refractivity contribution in [2.24, 2.45) is 0 Å². The normalized spacial score (nSPS) is 13.2. The molecule has 78 valence electrons. The van der Waals surface area contributed by atoms with Gasteiger partial charge >= 0.3 is 5.97 Å². The summed E-state index contributed by atoms with van der Waals surface area (Å²) in [6.45, 7) is 4.52. The van der Waals surface area contributed by atoms with Gasteiger partial charge in [-0.2, -0.15) is 0 Å². The van der Waals surface area contributed by atoms with Crippen LogP contribution >= 0.6 is 0 Å². The number of carboxylic acids is 1. The van der Waals surface area contributed by atoms with Gasteiger partial charge in [0.15, 0.2) is 6.10 Å². The molecule has 0 aliphatic rings. The summed E-state index contributed by atoms with van der Waals surface area (Å²) in [5, 5.41) is 11.8. The summed E-state index contributed by atoms with van der Waals surface area (Å²) in [6, 6.07) is 0.386. The van der Waals surface area contributed by atoms with Crippen LogP contribution in [0.4, 0.5) is 0 Å². The number of hydrogen-bond donors (Lipinski definition) is 2. The predicted molar refractivity (Wildman–Crippen MR) is 50.8 cm³/mol. The Morgan fingerprint density at radius 2 is 2.00 bits per heavy atom. The average molecular weight is 189 g/mol. The highest BCUT2D eigenvalue weighted by molar-refractivity contribution is 5.72. The van der Waals surface area contributed by atoms with E-state index in [2.05, 4.69) is 19.2 Å². The summed E-state index contributed by atoms with van der Waals surface area (Å²) in [7, 11) is 1.41. The molecule has 0 spiro atoms. The zero-order chi connectivity index (χ0) is 10.3. The molecule has 4 heteroatoms. The zero-order valence-corrected chi connectivity index (χ0v) is 8.54. The maximum atomic E-state index is 10.6. The SMILES string of the molecule is CCC(CC)NCC(OC)C(=O)O. The zero-order valence-electron chi connectivity index (χ0n) is 8.54. The summed E-state index contributed by atoms with van der Waals surface area (Å²) >= 11 is 0. The summed E-state index contributed by atoms with van der Waals surface area (Å²) in [5.41, 5.74) is 0. The van der Waals surface area contributed by atoms with Crippen molar-refractivity contribution in [3.05, 3.63) is 0 Å². The van der Waals surface area contributed by atoms with E-state index in [4.69, 9.17) is 9.84 Å². The fourth-order valence-corrected chi connectivity index (χ4v) is 1.12. The minimum atomic E-state index is -0.916. The Balaban J connectivity index is 3.76. The van der Waals surface area contributed by atoms with E-state index >= 15 is 0 Å². The van der Waals surface area contributed by atoms with Crippen LogP contribution in [-0.2, 0) is 9.53 Å². The fourth-order valence-electron chi connectivity index (χ4n) is 1.12. The van der Waals surface area contributed by atoms with Gasteiger partial charge in [-0.3, -0.25) is 0 Å². The van der Waals surface area contributed by atoms with Crippen molar-refractivity contribution in [2.75, 3.05) is 13.7 Å². The van der Waals surface area contributed by atoms with Crippen molar-refractivity contribution in [3.63, 3.8) is 0 Å². The highest BCUT2D eigenvalue weighted by Gasteiger charge is 2.16. The number of carbonyl (C=O) groups is 1. The molecule has 0 aromatic heterocycles. The number of carboxylic acid groups (broad SMARTS) is 1. The molecular weight excluding hydrogens is 170 g/mol. The van der Waals surface area contributed by atoms with E-state index in [1.807, 2.05) is 0 Å². The third-order valence-electron chi connectivity index (χ3n) is 2.14. The first kappa shape index (κ1) is 12.4. The van der Waals surface area contributed by atoms with Gasteiger partial charge in [-0.15, -0.1) is 0 Å². The molecule has 0 aromatic carbocycles. The lowest BCUT2D eigenvalue weighted by atomic mass is 10.1. The molecule has 0 aliphatic carbocycles. The number of rotatable bonds is 7. The molecule has 0 bridgehead atoms. The lowest BCUT2D eigenvalue weighted by molar-refractivity contribution is -0.148. The molecule has 0 radical (unpaired) electrons. The standard InChI is InChI=1S/C9H19NO3/c1-4-7(5-2)10-6-8(13-3)9(11)12/h7-8,10H,4-6H2,1-3H3,(H,11,12). The highest BCUT2D eigenvalue weighted by atomic mass is 16.5. The monoisotopic (exact) mass is 189 g/mol. The van der Waals surface area contributed by atoms with Crippen molar-refractivity contribution in [2.45, 2.75) is 38.8 Å². The Morgan fingerprint density at radius 1 is 1.46 bits per heavy atom. The molecular formula is C9H19NO3. The summed E-state index contributed by atoms with van der Waals surface area (Å²) in [4.78, 5) is 10.6. The van der Waals surface area contributed by atoms with Crippen LogP contribution in [0.2, 0.25) is 0 Å². The third kappa shape index (κ3) is 4.85. The van der Waals surface area contributed by atoms with E-state index in [0.717, 1.165) is 12.8 Å². The number of methoxy groups -OCH3 is 1. The number of nitrogens with one attached hydrogen (secondary N) is 1. The molecule has 1 atom stereocenters. The van der Waals surface area contributed by atoms with Gasteiger partial charge in [0.1, 0.15) is 0 Å². The maximum Gasteiger partial charge on any atom is 0.334 e. The quantitative estimate of drug-likeness (QED) is 0.623. The summed E-state index contributed by atoms with van der Waals surface area (Å²) in [5.74, 6) is -0.916. The van der Waals surface area contributed by atoms with Crippen LogP contribution in [0.15, 0.2) is 0 Å². The number of ether oxygens (including phenoxy) is 1. The van der Waals surface area contributed by atoms with E-state index in [-0.39, 0.29) is 0 Å². The van der Waals surface area contributed by atoms with Crippen molar-refractivity contribution in [1.82, 2.24) is 5.32 Å². The van der Waals surface area contributed by atoms with E-state index < -0.39 is 12.1 Å². The van der Waals surface area contributed by atoms with Gasteiger partial charge in [0.2, 0.25) is 0 Å². The Hall–Kier alpha value is -0.610. The van der Waals surface area contributed by atoms with E-state index in [1.54, 1.807) is 0 Å². The van der Waals surface area contributed by atoms with Crippen molar-refractivity contribution in [1.29, 1.82) is 0 Å². The minimum Gasteiger partial charge on any atom is -0.479 e. The van der Waals surface area contributed by atoms with Crippen LogP contribution in [0.1, 0.15) is 26.7 Å². The first-order chi connectivity index (χ1) is 6.15. The second kappa shape index (κ2) is 6.86. The van der Waals surface area contributed by atoms with Gasteiger partial charge < -0.3 is 15.2 Å². The second-order valence-electron chi connectivity index (χ2n) is 2.98. The van der Waals surface area contributed by atoms with Gasteiger partial charge in [-0.1, -0.05) is 13.8 Å². The smallest absolute Gasteiger partial charge is 0.334 e. The maximum absolute atomic E-state index is 10.6. The van der Waals surface area contributed by atoms with Crippen molar-refractivity contribution < 1.29 is 14.6 Å². The molecule has 0 aliphatic heterocycles. The van der Waals surface area contributed by atoms with Crippen molar-refractivity contribution in [3.8, 4) is 0 Å². The van der Waals surface area contributed by atoms with Crippen LogP contribution in [-0.4, -0.2) is 36.9 Å². The van der Waals surface area contributed by atoms with E-state index in [1.165, 1.54) is 7.11 Å². The Labute approximate surface area is 79.3 Å². The average Bonchev–Trinajstić information content (AvgIpc) is 2.12. The molecule has 0 rings (SSSR count). The highest BCUT2D eigenvalue weighted by Crippen LogP contribution is 1.97. The van der Waals surface area contributed by atoms with Crippen LogP contribution < -0.4 is 5.32 Å². The fraction of sp³-hybridized carbons (Fsp3) is 0.889. The number of aliphatic carboxylic acids is 1. The lowest BCUT2D eigenvalue weighted by Gasteiger charge is -2.17. The Bertz CT molecular complexity index is 146. The van der Waals surface area contributed by atoms with E-state index in [0.29, 0.717) is 12.6 Å². The molecule has 1 unspecified atom stereocenters. The van der Waals surface area contributed by atoms with Gasteiger partial charge in [0, 0.05) is 19.7 Å². The van der Waals surface area contributed by atoms with Crippen LogP contribution in [0.3, 0.4) is 0 Å². The molecule has 2 N–H and O–H groups in total. The summed E-state index contributed by atoms with van der Waals surface area (Å²) < 4.78 is 4.79. The largest absolute Gasteiger partial charge is 0.479 e. The van der Waals surface area contributed by atoms with Gasteiger partial charge in [0.25, 0.3) is 0 Å². The van der Waals surface area contributed by atoms with Gasteiger partial charge in [0.05, 0.1) is 0 Å². The molecule has 0 saturated heterocycles. The molecule has 0 saturated carbocycles. The lowest BCUT2D eigenvalue weighted by Crippen LogP contribution is -2.39. The van der Waals surface area contributed by atoms with Gasteiger partial charge in [-0.25, -0.2) is 4.79 Å². The molecule has 4 nitrogen and oxygen atoms in total. The van der Waals surface area contributed by atoms with E-state index in [9.17, 15) is 4.79 Å². The molecule has 0 aromatic rings. The van der Waals surface area contributed by atoms with Gasteiger partial charge in [-0.05, 0) is 12.8 Å². The van der Waals surface area contributed by atoms with Crippen molar-refractivity contribution >= 4 is 5.97 Å². The molecule has 0 heterocycles. The second-order valence-corrected chi connectivity index (χ2v) is 2.98.